The lowest BCUT2D eigenvalue weighted by atomic mass is 9.83. The van der Waals surface area contributed by atoms with E-state index >= 15 is 0 Å². The zero-order valence-corrected chi connectivity index (χ0v) is 19.8. The van der Waals surface area contributed by atoms with Gasteiger partial charge in [-0.3, -0.25) is 4.99 Å². The van der Waals surface area contributed by atoms with Gasteiger partial charge in [0.1, 0.15) is 5.82 Å². The Bertz CT molecular complexity index is 625. The zero-order valence-electron chi connectivity index (χ0n) is 19.0. The van der Waals surface area contributed by atoms with Gasteiger partial charge in [-0.2, -0.15) is 0 Å². The fourth-order valence-corrected chi connectivity index (χ4v) is 4.63. The minimum Gasteiger partial charge on any atom is -0.385 e. The first-order valence-corrected chi connectivity index (χ1v) is 12.2. The molecule has 0 radical (unpaired) electrons. The Hall–Kier alpha value is -1.28. The van der Waals surface area contributed by atoms with Crippen molar-refractivity contribution in [2.45, 2.75) is 70.5 Å². The summed E-state index contributed by atoms with van der Waals surface area (Å²) in [5.74, 6) is 2.55. The Balaban J connectivity index is 1.78. The molecular weight excluding hydrogens is 384 g/mol. The third kappa shape index (κ3) is 7.48. The molecule has 8 heteroatoms. The molecule has 0 unspecified atom stereocenters. The summed E-state index contributed by atoms with van der Waals surface area (Å²) in [7, 11) is 3.64. The Morgan fingerprint density at radius 1 is 1.28 bits per heavy atom. The van der Waals surface area contributed by atoms with E-state index in [-0.39, 0.29) is 0 Å². The maximum Gasteiger partial charge on any atom is 0.190 e. The predicted molar refractivity (Wildman–Crippen MR) is 122 cm³/mol. The second-order valence-electron chi connectivity index (χ2n) is 8.51. The summed E-state index contributed by atoms with van der Waals surface area (Å²) >= 11 is 1.67. The quantitative estimate of drug-likeness (QED) is 0.232. The first-order valence-electron chi connectivity index (χ1n) is 10.9. The van der Waals surface area contributed by atoms with Crippen LogP contribution in [-0.2, 0) is 17.7 Å². The van der Waals surface area contributed by atoms with Crippen molar-refractivity contribution in [3.63, 3.8) is 0 Å². The molecule has 166 valence electrons. The van der Waals surface area contributed by atoms with Crippen LogP contribution >= 0.6 is 11.8 Å². The van der Waals surface area contributed by atoms with E-state index in [0.29, 0.717) is 11.3 Å². The van der Waals surface area contributed by atoms with Gasteiger partial charge in [-0.15, -0.1) is 10.2 Å². The molecule has 0 atom stereocenters. The Labute approximate surface area is 180 Å². The highest BCUT2D eigenvalue weighted by atomic mass is 32.2. The van der Waals surface area contributed by atoms with E-state index in [2.05, 4.69) is 50.5 Å². The summed E-state index contributed by atoms with van der Waals surface area (Å²) in [6, 6.07) is 0. The smallest absolute Gasteiger partial charge is 0.190 e. The number of hydrogen-bond donors (Lipinski definition) is 2. The van der Waals surface area contributed by atoms with Crippen LogP contribution in [-0.4, -0.2) is 60.8 Å². The molecule has 2 N–H and O–H groups in total. The third-order valence-corrected chi connectivity index (χ3v) is 6.42. The fraction of sp³-hybridized carbons (Fsp3) is 0.857. The molecule has 1 heterocycles. The van der Waals surface area contributed by atoms with Crippen molar-refractivity contribution in [2.24, 2.45) is 16.3 Å². The number of methoxy groups -OCH3 is 1. The average molecular weight is 425 g/mol. The molecule has 0 aliphatic heterocycles. The summed E-state index contributed by atoms with van der Waals surface area (Å²) in [5, 5.41) is 16.8. The van der Waals surface area contributed by atoms with E-state index in [1.54, 1.807) is 18.9 Å². The van der Waals surface area contributed by atoms with Gasteiger partial charge in [0.05, 0.1) is 0 Å². The molecule has 1 aromatic heterocycles. The Morgan fingerprint density at radius 3 is 2.66 bits per heavy atom. The van der Waals surface area contributed by atoms with Crippen molar-refractivity contribution < 1.29 is 4.74 Å². The van der Waals surface area contributed by atoms with Crippen LogP contribution in [0.15, 0.2) is 10.1 Å². The normalized spacial score (nSPS) is 16.6. The SMILES string of the molecule is CN=C(NCCCc1nnc(SC)n1CC(C)C)NCC1(CCOC)CCCC1. The molecule has 1 aromatic rings. The lowest BCUT2D eigenvalue weighted by Gasteiger charge is -2.30. The highest BCUT2D eigenvalue weighted by Gasteiger charge is 2.33. The number of nitrogens with zero attached hydrogens (tertiary/aromatic N) is 4. The summed E-state index contributed by atoms with van der Waals surface area (Å²) in [4.78, 5) is 4.41. The molecule has 1 aliphatic carbocycles. The van der Waals surface area contributed by atoms with Crippen molar-refractivity contribution in [1.82, 2.24) is 25.4 Å². The number of aryl methyl sites for hydroxylation is 1. The maximum atomic E-state index is 5.34. The predicted octanol–water partition coefficient (Wildman–Crippen LogP) is 3.35. The minimum atomic E-state index is 0.356. The number of guanidine groups is 1. The van der Waals surface area contributed by atoms with Crippen LogP contribution in [0.4, 0.5) is 0 Å². The fourth-order valence-electron chi connectivity index (χ4n) is 4.11. The van der Waals surface area contributed by atoms with Crippen molar-refractivity contribution in [3.8, 4) is 0 Å². The molecular formula is C21H40N6OS. The van der Waals surface area contributed by atoms with Gasteiger partial charge in [0.2, 0.25) is 0 Å². The van der Waals surface area contributed by atoms with E-state index < -0.39 is 0 Å². The molecule has 1 saturated carbocycles. The second-order valence-corrected chi connectivity index (χ2v) is 9.29. The van der Waals surface area contributed by atoms with Crippen LogP contribution in [0.3, 0.4) is 0 Å². The maximum absolute atomic E-state index is 5.34. The standard InChI is InChI=1S/C21H40N6OS/c1-17(2)15-27-18(25-26-20(27)29-5)9-8-13-23-19(22-3)24-16-21(12-14-28-4)10-6-7-11-21/h17H,6-16H2,1-5H3,(H2,22,23,24). The highest BCUT2D eigenvalue weighted by Crippen LogP contribution is 2.40. The number of nitrogens with one attached hydrogen (secondary N) is 2. The zero-order chi connectivity index (χ0) is 21.1. The van der Waals surface area contributed by atoms with Gasteiger partial charge in [0, 0.05) is 46.8 Å². The van der Waals surface area contributed by atoms with Crippen LogP contribution in [0.1, 0.15) is 58.2 Å². The Morgan fingerprint density at radius 2 is 2.03 bits per heavy atom. The molecule has 29 heavy (non-hydrogen) atoms. The average Bonchev–Trinajstić information content (AvgIpc) is 3.33. The number of rotatable bonds is 12. The molecule has 0 spiro atoms. The third-order valence-electron chi connectivity index (χ3n) is 5.75. The number of aliphatic imine (C=N–C) groups is 1. The van der Waals surface area contributed by atoms with Crippen LogP contribution in [0.25, 0.3) is 0 Å². The summed E-state index contributed by atoms with van der Waals surface area (Å²) in [6.07, 6.45) is 10.3. The highest BCUT2D eigenvalue weighted by molar-refractivity contribution is 7.98. The van der Waals surface area contributed by atoms with Crippen LogP contribution < -0.4 is 10.6 Å². The largest absolute Gasteiger partial charge is 0.385 e. The van der Waals surface area contributed by atoms with Gasteiger partial charge >= 0.3 is 0 Å². The molecule has 2 rings (SSSR count). The van der Waals surface area contributed by atoms with Gasteiger partial charge in [0.25, 0.3) is 0 Å². The van der Waals surface area contributed by atoms with Crippen LogP contribution in [0.2, 0.25) is 0 Å². The van der Waals surface area contributed by atoms with E-state index in [1.165, 1.54) is 25.7 Å². The van der Waals surface area contributed by atoms with Gasteiger partial charge < -0.3 is 19.9 Å². The summed E-state index contributed by atoms with van der Waals surface area (Å²) in [5.41, 5.74) is 0.356. The van der Waals surface area contributed by atoms with Crippen LogP contribution in [0.5, 0.6) is 0 Å². The van der Waals surface area contributed by atoms with Gasteiger partial charge in [0.15, 0.2) is 11.1 Å². The number of hydrogen-bond acceptors (Lipinski definition) is 5. The molecule has 0 amide bonds. The first-order chi connectivity index (χ1) is 14.0. The molecule has 0 bridgehead atoms. The number of aromatic nitrogens is 3. The van der Waals surface area contributed by atoms with Crippen molar-refractivity contribution >= 4 is 17.7 Å². The van der Waals surface area contributed by atoms with Gasteiger partial charge in [-0.25, -0.2) is 0 Å². The molecule has 0 aromatic carbocycles. The summed E-state index contributed by atoms with van der Waals surface area (Å²) in [6.45, 7) is 8.11. The van der Waals surface area contributed by atoms with Gasteiger partial charge in [-0.1, -0.05) is 38.5 Å². The van der Waals surface area contributed by atoms with Crippen LogP contribution in [0, 0.1) is 11.3 Å². The van der Waals surface area contributed by atoms with E-state index in [0.717, 1.165) is 62.4 Å². The lowest BCUT2D eigenvalue weighted by molar-refractivity contribution is 0.138. The van der Waals surface area contributed by atoms with Crippen molar-refractivity contribution in [2.75, 3.05) is 40.1 Å². The molecule has 7 nitrogen and oxygen atoms in total. The topological polar surface area (TPSA) is 76.4 Å². The first kappa shape index (κ1) is 24.0. The van der Waals surface area contributed by atoms with Gasteiger partial charge in [-0.05, 0) is 43.3 Å². The molecule has 1 fully saturated rings. The van der Waals surface area contributed by atoms with E-state index in [1.807, 2.05) is 7.05 Å². The molecule has 1 aliphatic rings. The summed E-state index contributed by atoms with van der Waals surface area (Å²) < 4.78 is 7.60. The Kier molecular flexibility index (Phi) is 10.3. The van der Waals surface area contributed by atoms with E-state index in [4.69, 9.17) is 4.74 Å². The lowest BCUT2D eigenvalue weighted by Crippen LogP contribution is -2.43. The van der Waals surface area contributed by atoms with Crippen molar-refractivity contribution in [1.29, 1.82) is 0 Å². The second kappa shape index (κ2) is 12.4. The number of ether oxygens (including phenoxy) is 1. The monoisotopic (exact) mass is 424 g/mol. The minimum absolute atomic E-state index is 0.356. The molecule has 0 saturated heterocycles. The number of thioether (sulfide) groups is 1. The van der Waals surface area contributed by atoms with E-state index in [9.17, 15) is 0 Å². The van der Waals surface area contributed by atoms with Crippen molar-refractivity contribution in [3.05, 3.63) is 5.82 Å².